The minimum Gasteiger partial charge on any atom is -0.462 e. The van der Waals surface area contributed by atoms with E-state index in [4.69, 9.17) is 14.2 Å². The lowest BCUT2D eigenvalue weighted by molar-refractivity contribution is -0.239. The van der Waals surface area contributed by atoms with Crippen LogP contribution in [0.5, 0.6) is 0 Å². The average molecular weight is 619 g/mol. The number of hydrogen-bond donors (Lipinski definition) is 0. The van der Waals surface area contributed by atoms with Crippen LogP contribution in [0, 0.1) is 62.6 Å². The number of allylic oxidation sites excluding steroid dienone is 1. The van der Waals surface area contributed by atoms with Crippen molar-refractivity contribution in [3.63, 3.8) is 0 Å². The number of esters is 2. The van der Waals surface area contributed by atoms with Crippen LogP contribution in [0.25, 0.3) is 0 Å². The number of ether oxygens (including phenoxy) is 3. The topological polar surface area (TPSA) is 61.8 Å². The molecule has 11 atom stereocenters. The Hall–Kier alpha value is -2.14. The molecule has 45 heavy (non-hydrogen) atoms. The molecular weight excluding hydrogens is 560 g/mol. The quantitative estimate of drug-likeness (QED) is 0.236. The molecule has 5 heteroatoms. The molecular formula is C40H58O5. The maximum Gasteiger partial charge on any atom is 0.310 e. The van der Waals surface area contributed by atoms with Crippen molar-refractivity contribution in [2.45, 2.75) is 114 Å². The highest BCUT2D eigenvalue weighted by molar-refractivity contribution is 5.75. The Kier molecular flexibility index (Phi) is 8.19. The Morgan fingerprint density at radius 3 is 2.36 bits per heavy atom. The number of carbonyl (C=O) groups is 2. The van der Waals surface area contributed by atoms with Crippen LogP contribution in [0.4, 0.5) is 0 Å². The second kappa shape index (κ2) is 11.2. The zero-order valence-electron chi connectivity index (χ0n) is 29.4. The Morgan fingerprint density at radius 1 is 0.978 bits per heavy atom. The molecule has 5 nitrogen and oxygen atoms in total. The van der Waals surface area contributed by atoms with Gasteiger partial charge < -0.3 is 14.2 Å². The highest BCUT2D eigenvalue weighted by Crippen LogP contribution is 2.75. The van der Waals surface area contributed by atoms with Crippen LogP contribution >= 0.6 is 0 Å². The molecule has 0 radical (unpaired) electrons. The number of rotatable bonds is 6. The van der Waals surface area contributed by atoms with Gasteiger partial charge in [-0.2, -0.15) is 0 Å². The van der Waals surface area contributed by atoms with E-state index in [9.17, 15) is 9.59 Å². The van der Waals surface area contributed by atoms with Gasteiger partial charge in [0, 0.05) is 23.7 Å². The van der Waals surface area contributed by atoms with Gasteiger partial charge in [0.05, 0.1) is 19.1 Å². The standard InChI is InChI=1S/C40H58O5/c1-25(2)26(3)36(6)19-20-38(8)30-15-16-33-37(7)23-43-24-40(33,21-32(27(37)4)45-28(5)41)31(30)17-18-39(38,9)34(36)35(42)44-22-29-13-11-10-12-14-29/h10-14,17,25-27,30,32-34H,15-16,18-24H2,1-9H3/t26-,27+,30+,32-,33+,34-,36-,37+,38-,39+,40+/m1/s1. The number of fused-ring (bicyclic) bond motifs is 3. The normalized spacial score (nSPS) is 44.5. The molecule has 2 bridgehead atoms. The minimum atomic E-state index is -0.245. The molecule has 248 valence electrons. The van der Waals surface area contributed by atoms with Crippen LogP contribution in [0.2, 0.25) is 0 Å². The highest BCUT2D eigenvalue weighted by atomic mass is 16.5. The third kappa shape index (κ3) is 4.71. The molecule has 0 spiro atoms. The summed E-state index contributed by atoms with van der Waals surface area (Å²) in [6, 6.07) is 10.1. The molecule has 1 aromatic carbocycles. The van der Waals surface area contributed by atoms with Crippen LogP contribution in [0.1, 0.15) is 106 Å². The first-order valence-corrected chi connectivity index (χ1v) is 17.8. The zero-order valence-corrected chi connectivity index (χ0v) is 29.4. The lowest BCUT2D eigenvalue weighted by Gasteiger charge is -2.71. The second-order valence-corrected chi connectivity index (χ2v) is 17.2. The summed E-state index contributed by atoms with van der Waals surface area (Å²) < 4.78 is 18.9. The van der Waals surface area contributed by atoms with Crippen LogP contribution < -0.4 is 0 Å². The fourth-order valence-electron chi connectivity index (χ4n) is 12.0. The van der Waals surface area contributed by atoms with Crippen molar-refractivity contribution in [1.82, 2.24) is 0 Å². The summed E-state index contributed by atoms with van der Waals surface area (Å²) in [5.74, 6) is 1.56. The van der Waals surface area contributed by atoms with Gasteiger partial charge in [0.2, 0.25) is 0 Å². The van der Waals surface area contributed by atoms with Gasteiger partial charge in [0.15, 0.2) is 0 Å². The Morgan fingerprint density at radius 2 is 1.69 bits per heavy atom. The highest BCUT2D eigenvalue weighted by Gasteiger charge is 2.71. The minimum absolute atomic E-state index is 0.0269. The molecule has 0 amide bonds. The fourth-order valence-corrected chi connectivity index (χ4v) is 12.0. The SMILES string of the molecule is CC(=O)O[C@@H]1C[C@@]23COC[C@](C)([C@@H]2CC[C@H]2C3=CC[C@@]3(C)[C@H](C(=O)OCc4ccccc4)[C@@](C)([C@H](C)C(C)C)CC[C@]23C)[C@H]1C. The van der Waals surface area contributed by atoms with E-state index in [-0.39, 0.29) is 57.0 Å². The summed E-state index contributed by atoms with van der Waals surface area (Å²) in [4.78, 5) is 26.9. The van der Waals surface area contributed by atoms with Crippen molar-refractivity contribution in [1.29, 1.82) is 0 Å². The van der Waals surface area contributed by atoms with Gasteiger partial charge in [0.25, 0.3) is 0 Å². The van der Waals surface area contributed by atoms with Crippen molar-refractivity contribution in [2.75, 3.05) is 13.2 Å². The number of carbonyl (C=O) groups excluding carboxylic acids is 2. The fraction of sp³-hybridized carbons (Fsp3) is 0.750. The van der Waals surface area contributed by atoms with Crippen LogP contribution in [0.3, 0.4) is 0 Å². The molecule has 4 fully saturated rings. The molecule has 1 aliphatic heterocycles. The predicted molar refractivity (Wildman–Crippen MR) is 177 cm³/mol. The predicted octanol–water partition coefficient (Wildman–Crippen LogP) is 8.80. The first kappa shape index (κ1) is 32.8. The summed E-state index contributed by atoms with van der Waals surface area (Å²) >= 11 is 0. The van der Waals surface area contributed by atoms with E-state index in [0.717, 1.165) is 50.7 Å². The van der Waals surface area contributed by atoms with Gasteiger partial charge in [-0.1, -0.05) is 97.4 Å². The lowest BCUT2D eigenvalue weighted by Crippen LogP contribution is -2.68. The van der Waals surface area contributed by atoms with Gasteiger partial charge in [-0.3, -0.25) is 9.59 Å². The van der Waals surface area contributed by atoms with Gasteiger partial charge in [-0.05, 0) is 84.0 Å². The van der Waals surface area contributed by atoms with E-state index in [1.165, 1.54) is 0 Å². The zero-order chi connectivity index (χ0) is 32.6. The maximum atomic E-state index is 14.6. The maximum absolute atomic E-state index is 14.6. The second-order valence-electron chi connectivity index (χ2n) is 17.2. The van der Waals surface area contributed by atoms with Crippen LogP contribution in [0.15, 0.2) is 42.0 Å². The van der Waals surface area contributed by atoms with E-state index >= 15 is 0 Å². The first-order chi connectivity index (χ1) is 21.1. The van der Waals surface area contributed by atoms with E-state index in [1.807, 2.05) is 30.3 Å². The molecule has 4 aliphatic carbocycles. The molecule has 3 saturated carbocycles. The Balaban J connectivity index is 1.42. The van der Waals surface area contributed by atoms with Gasteiger partial charge >= 0.3 is 11.9 Å². The molecule has 0 aromatic heterocycles. The van der Waals surface area contributed by atoms with Crippen molar-refractivity contribution >= 4 is 11.9 Å². The summed E-state index contributed by atoms with van der Waals surface area (Å²) in [7, 11) is 0. The molecule has 1 saturated heterocycles. The van der Waals surface area contributed by atoms with Gasteiger partial charge in [-0.15, -0.1) is 0 Å². The molecule has 1 heterocycles. The van der Waals surface area contributed by atoms with Crippen molar-refractivity contribution < 1.29 is 23.8 Å². The summed E-state index contributed by atoms with van der Waals surface area (Å²) in [6.45, 7) is 22.3. The van der Waals surface area contributed by atoms with Gasteiger partial charge in [0.1, 0.15) is 12.7 Å². The third-order valence-corrected chi connectivity index (χ3v) is 15.2. The van der Waals surface area contributed by atoms with E-state index < -0.39 is 0 Å². The summed E-state index contributed by atoms with van der Waals surface area (Å²) in [6.07, 6.45) is 8.58. The average Bonchev–Trinajstić information content (AvgIpc) is 2.99. The van der Waals surface area contributed by atoms with E-state index in [0.29, 0.717) is 36.9 Å². The Bertz CT molecular complexity index is 1340. The molecule has 0 unspecified atom stereocenters. The summed E-state index contributed by atoms with van der Waals surface area (Å²) in [5.41, 5.74) is 1.95. The number of benzene rings is 1. The molecule has 1 aromatic rings. The smallest absolute Gasteiger partial charge is 0.310 e. The first-order valence-electron chi connectivity index (χ1n) is 17.8. The van der Waals surface area contributed by atoms with Crippen molar-refractivity contribution in [3.05, 3.63) is 47.5 Å². The Labute approximate surface area is 272 Å². The van der Waals surface area contributed by atoms with Crippen molar-refractivity contribution in [2.24, 2.45) is 62.6 Å². The van der Waals surface area contributed by atoms with E-state index in [1.54, 1.807) is 12.5 Å². The molecule has 6 rings (SSSR count). The number of hydrogen-bond acceptors (Lipinski definition) is 5. The lowest BCUT2D eigenvalue weighted by atomic mass is 9.34. The molecule has 5 aliphatic rings. The van der Waals surface area contributed by atoms with E-state index in [2.05, 4.69) is 61.5 Å². The monoisotopic (exact) mass is 618 g/mol. The largest absolute Gasteiger partial charge is 0.462 e. The van der Waals surface area contributed by atoms with Crippen LogP contribution in [-0.4, -0.2) is 31.3 Å². The van der Waals surface area contributed by atoms with Gasteiger partial charge in [-0.25, -0.2) is 0 Å². The summed E-state index contributed by atoms with van der Waals surface area (Å²) in [5, 5.41) is 0. The van der Waals surface area contributed by atoms with Crippen molar-refractivity contribution in [3.8, 4) is 0 Å². The van der Waals surface area contributed by atoms with Crippen LogP contribution in [-0.2, 0) is 30.4 Å². The third-order valence-electron chi connectivity index (χ3n) is 15.2. The molecule has 0 N–H and O–H groups in total.